The van der Waals surface area contributed by atoms with Gasteiger partial charge in [-0.3, -0.25) is 9.78 Å². The summed E-state index contributed by atoms with van der Waals surface area (Å²) in [4.78, 5) is 16.9. The SMILES string of the molecule is COc1c([C@@H]2C[C@](C)(C(F)(F)F)O[C@H]2C(=O)Nc2ccnc([C@H](O)[C@@H](C)O)c2)ccc(F)c1F. The summed E-state index contributed by atoms with van der Waals surface area (Å²) < 4.78 is 79.3. The lowest BCUT2D eigenvalue weighted by Crippen LogP contribution is -2.43. The molecule has 0 radical (unpaired) electrons. The Morgan fingerprint density at radius 2 is 1.97 bits per heavy atom. The fourth-order valence-electron chi connectivity index (χ4n) is 3.82. The average molecular weight is 490 g/mol. The second kappa shape index (κ2) is 9.43. The van der Waals surface area contributed by atoms with Gasteiger partial charge in [0.05, 0.1) is 18.9 Å². The molecular formula is C22H23F5N2O5. The summed E-state index contributed by atoms with van der Waals surface area (Å²) in [5.41, 5.74) is -2.83. The number of hydrogen-bond acceptors (Lipinski definition) is 6. The Labute approximate surface area is 191 Å². The van der Waals surface area contributed by atoms with E-state index in [-0.39, 0.29) is 16.9 Å². The van der Waals surface area contributed by atoms with Crippen LogP contribution in [0, 0.1) is 11.6 Å². The molecule has 7 nitrogen and oxygen atoms in total. The normalized spacial score (nSPS) is 24.5. The van der Waals surface area contributed by atoms with Gasteiger partial charge in [-0.2, -0.15) is 17.6 Å². The van der Waals surface area contributed by atoms with Crippen molar-refractivity contribution >= 4 is 11.6 Å². The van der Waals surface area contributed by atoms with Crippen LogP contribution in [-0.2, 0) is 9.53 Å². The maximum atomic E-state index is 14.3. The summed E-state index contributed by atoms with van der Waals surface area (Å²) in [5, 5.41) is 21.9. The average Bonchev–Trinajstić information content (AvgIpc) is 3.14. The topological polar surface area (TPSA) is 101 Å². The number of aliphatic hydroxyl groups excluding tert-OH is 2. The first kappa shape index (κ1) is 25.8. The van der Waals surface area contributed by atoms with E-state index in [9.17, 15) is 37.0 Å². The largest absolute Gasteiger partial charge is 0.493 e. The Morgan fingerprint density at radius 1 is 1.29 bits per heavy atom. The number of benzene rings is 1. The number of hydrogen-bond donors (Lipinski definition) is 3. The molecule has 0 spiro atoms. The molecule has 1 saturated heterocycles. The van der Waals surface area contributed by atoms with E-state index in [1.807, 2.05) is 0 Å². The lowest BCUT2D eigenvalue weighted by molar-refractivity contribution is -0.261. The lowest BCUT2D eigenvalue weighted by Gasteiger charge is -2.27. The molecule has 1 aliphatic heterocycles. The van der Waals surface area contributed by atoms with Gasteiger partial charge in [0.25, 0.3) is 5.91 Å². The molecule has 1 aromatic carbocycles. The number of alkyl halides is 3. The summed E-state index contributed by atoms with van der Waals surface area (Å²) in [6.07, 6.45) is -8.68. The van der Waals surface area contributed by atoms with E-state index < -0.39 is 65.7 Å². The minimum atomic E-state index is -4.86. The van der Waals surface area contributed by atoms with Crippen molar-refractivity contribution in [3.8, 4) is 5.75 Å². The highest BCUT2D eigenvalue weighted by atomic mass is 19.4. The Kier molecular flexibility index (Phi) is 7.15. The third-order valence-corrected chi connectivity index (χ3v) is 5.71. The molecule has 2 aromatic rings. The summed E-state index contributed by atoms with van der Waals surface area (Å²) >= 11 is 0. The minimum absolute atomic E-state index is 0.0131. The van der Waals surface area contributed by atoms with Crippen LogP contribution in [-0.4, -0.2) is 52.2 Å². The summed E-state index contributed by atoms with van der Waals surface area (Å²) in [5.74, 6) is -5.61. The fraction of sp³-hybridized carbons (Fsp3) is 0.455. The number of amides is 1. The quantitative estimate of drug-likeness (QED) is 0.535. The highest BCUT2D eigenvalue weighted by Gasteiger charge is 2.61. The van der Waals surface area contributed by atoms with Crippen molar-refractivity contribution in [3.05, 3.63) is 53.4 Å². The van der Waals surface area contributed by atoms with Gasteiger partial charge in [0.1, 0.15) is 12.2 Å². The van der Waals surface area contributed by atoms with E-state index >= 15 is 0 Å². The Balaban J connectivity index is 1.98. The zero-order chi connectivity index (χ0) is 25.4. The summed E-state index contributed by atoms with van der Waals surface area (Å²) in [7, 11) is 1.03. The molecule has 1 amide bonds. The maximum absolute atomic E-state index is 14.3. The monoisotopic (exact) mass is 490 g/mol. The highest BCUT2D eigenvalue weighted by molar-refractivity contribution is 5.95. The maximum Gasteiger partial charge on any atom is 0.417 e. The second-order valence-electron chi connectivity index (χ2n) is 8.21. The van der Waals surface area contributed by atoms with Crippen molar-refractivity contribution in [2.75, 3.05) is 12.4 Å². The lowest BCUT2D eigenvalue weighted by atomic mass is 9.85. The number of rotatable bonds is 6. The number of aromatic nitrogens is 1. The molecule has 3 rings (SSSR count). The molecule has 0 aliphatic carbocycles. The number of methoxy groups -OCH3 is 1. The van der Waals surface area contributed by atoms with Crippen molar-refractivity contribution < 1.29 is 46.4 Å². The van der Waals surface area contributed by atoms with Crippen LogP contribution in [0.1, 0.15) is 43.5 Å². The number of ether oxygens (including phenoxy) is 2. The number of carbonyl (C=O) groups is 1. The van der Waals surface area contributed by atoms with E-state index in [0.29, 0.717) is 0 Å². The fourth-order valence-corrected chi connectivity index (χ4v) is 3.82. The van der Waals surface area contributed by atoms with Gasteiger partial charge in [0.2, 0.25) is 5.82 Å². The second-order valence-corrected chi connectivity index (χ2v) is 8.21. The molecule has 1 fully saturated rings. The first-order chi connectivity index (χ1) is 15.8. The van der Waals surface area contributed by atoms with Crippen molar-refractivity contribution in [1.82, 2.24) is 4.98 Å². The molecule has 1 aromatic heterocycles. The van der Waals surface area contributed by atoms with Gasteiger partial charge in [-0.15, -0.1) is 0 Å². The van der Waals surface area contributed by atoms with Crippen LogP contribution in [0.5, 0.6) is 5.75 Å². The molecule has 0 unspecified atom stereocenters. The number of halogens is 5. The molecule has 34 heavy (non-hydrogen) atoms. The molecule has 5 atom stereocenters. The first-order valence-electron chi connectivity index (χ1n) is 10.2. The van der Waals surface area contributed by atoms with E-state index in [2.05, 4.69) is 10.3 Å². The van der Waals surface area contributed by atoms with E-state index in [1.165, 1.54) is 25.3 Å². The van der Waals surface area contributed by atoms with Crippen LogP contribution < -0.4 is 10.1 Å². The van der Waals surface area contributed by atoms with Gasteiger partial charge in [0, 0.05) is 23.4 Å². The van der Waals surface area contributed by atoms with Gasteiger partial charge in [0.15, 0.2) is 17.2 Å². The van der Waals surface area contributed by atoms with Gasteiger partial charge in [-0.05, 0) is 38.5 Å². The van der Waals surface area contributed by atoms with Crippen LogP contribution in [0.15, 0.2) is 30.5 Å². The third-order valence-electron chi connectivity index (χ3n) is 5.71. The molecule has 186 valence electrons. The molecule has 1 aliphatic rings. The van der Waals surface area contributed by atoms with Gasteiger partial charge < -0.3 is 25.0 Å². The summed E-state index contributed by atoms with van der Waals surface area (Å²) in [6.45, 7) is 2.09. The standard InChI is InChI=1S/C22H23F5N2O5/c1-10(30)17(31)15-8-11(6-7-28-15)29-20(32)19-13(9-21(2,34-19)22(25,26)27)12-4-5-14(23)16(24)18(12)33-3/h4-8,10,13,17,19,30-31H,9H2,1-3H3,(H,28,29,32)/t10-,13+,17-,19-,21-/m1/s1. The highest BCUT2D eigenvalue weighted by Crippen LogP contribution is 2.51. The zero-order valence-electron chi connectivity index (χ0n) is 18.4. The summed E-state index contributed by atoms with van der Waals surface area (Å²) in [6, 6.07) is 4.34. The molecule has 3 N–H and O–H groups in total. The molecule has 2 heterocycles. The number of anilines is 1. The van der Waals surface area contributed by atoms with Crippen molar-refractivity contribution in [2.24, 2.45) is 0 Å². The molecule has 0 bridgehead atoms. The Hall–Kier alpha value is -2.83. The smallest absolute Gasteiger partial charge is 0.417 e. The van der Waals surface area contributed by atoms with E-state index in [0.717, 1.165) is 26.2 Å². The predicted molar refractivity (Wildman–Crippen MR) is 109 cm³/mol. The molecule has 12 heteroatoms. The van der Waals surface area contributed by atoms with Crippen LogP contribution in [0.3, 0.4) is 0 Å². The van der Waals surface area contributed by atoms with Crippen molar-refractivity contribution in [3.63, 3.8) is 0 Å². The first-order valence-corrected chi connectivity index (χ1v) is 10.2. The van der Waals surface area contributed by atoms with Crippen LogP contribution >= 0.6 is 0 Å². The van der Waals surface area contributed by atoms with Crippen molar-refractivity contribution in [1.29, 1.82) is 0 Å². The third kappa shape index (κ3) is 4.84. The number of pyridine rings is 1. The number of aliphatic hydroxyl groups is 2. The van der Waals surface area contributed by atoms with E-state index in [1.54, 1.807) is 0 Å². The van der Waals surface area contributed by atoms with Crippen LogP contribution in [0.2, 0.25) is 0 Å². The number of nitrogens with one attached hydrogen (secondary N) is 1. The van der Waals surface area contributed by atoms with Crippen molar-refractivity contribution in [2.45, 2.75) is 56.3 Å². The number of carbonyl (C=O) groups excluding carboxylic acids is 1. The van der Waals surface area contributed by atoms with Gasteiger partial charge >= 0.3 is 6.18 Å². The van der Waals surface area contributed by atoms with Crippen LogP contribution in [0.25, 0.3) is 0 Å². The number of nitrogens with zero attached hydrogens (tertiary/aromatic N) is 1. The van der Waals surface area contributed by atoms with Gasteiger partial charge in [-0.1, -0.05) is 6.07 Å². The molecule has 0 saturated carbocycles. The minimum Gasteiger partial charge on any atom is -0.493 e. The Morgan fingerprint density at radius 3 is 2.56 bits per heavy atom. The zero-order valence-corrected chi connectivity index (χ0v) is 18.4. The van der Waals surface area contributed by atoms with Gasteiger partial charge in [-0.25, -0.2) is 4.39 Å². The predicted octanol–water partition coefficient (Wildman–Crippen LogP) is 3.61. The Bertz CT molecular complexity index is 1060. The van der Waals surface area contributed by atoms with E-state index in [4.69, 9.17) is 9.47 Å². The molecular weight excluding hydrogens is 467 g/mol. The van der Waals surface area contributed by atoms with Crippen LogP contribution in [0.4, 0.5) is 27.6 Å².